The van der Waals surface area contributed by atoms with Crippen LogP contribution in [-0.2, 0) is 0 Å². The molecule has 1 heterocycles. The lowest BCUT2D eigenvalue weighted by Crippen LogP contribution is -1.65. The molecule has 0 saturated heterocycles. The van der Waals surface area contributed by atoms with Crippen LogP contribution in [-0.4, -0.2) is 0 Å². The predicted molar refractivity (Wildman–Crippen MR) is 50.4 cm³/mol. The molecule has 0 atom stereocenters. The first kappa shape index (κ1) is 9.44. The fourth-order valence-corrected chi connectivity index (χ4v) is 1.24. The van der Waals surface area contributed by atoms with Crippen molar-refractivity contribution in [3.63, 3.8) is 0 Å². The molecule has 1 rings (SSSR count). The Labute approximate surface area is 67.2 Å². The van der Waals surface area contributed by atoms with Crippen LogP contribution in [0.25, 0.3) is 5.57 Å². The van der Waals surface area contributed by atoms with E-state index in [1.165, 1.54) is 5.56 Å². The quantitative estimate of drug-likeness (QED) is 0.577. The summed E-state index contributed by atoms with van der Waals surface area (Å²) in [6.07, 6.45) is 0. The van der Waals surface area contributed by atoms with E-state index >= 15 is 0 Å². The van der Waals surface area contributed by atoms with Gasteiger partial charge in [0.2, 0.25) is 0 Å². The molecule has 0 radical (unpaired) electrons. The molecule has 56 valence electrons. The van der Waals surface area contributed by atoms with Gasteiger partial charge in [0.25, 0.3) is 0 Å². The van der Waals surface area contributed by atoms with Gasteiger partial charge in [-0.15, -0.1) is 0 Å². The third-order valence-corrected chi connectivity index (χ3v) is 1.70. The highest BCUT2D eigenvalue weighted by molar-refractivity contribution is 7.08. The molecule has 0 aliphatic carbocycles. The zero-order valence-electron chi connectivity index (χ0n) is 6.85. The molecule has 0 amide bonds. The van der Waals surface area contributed by atoms with E-state index in [9.17, 15) is 0 Å². The summed E-state index contributed by atoms with van der Waals surface area (Å²) in [5, 5.41) is 4.16. The highest BCUT2D eigenvalue weighted by Crippen LogP contribution is 2.13. The Hall–Kier alpha value is -0.560. The smallest absolute Gasteiger partial charge is 0.00183 e. The zero-order valence-corrected chi connectivity index (χ0v) is 7.66. The van der Waals surface area contributed by atoms with Crippen LogP contribution >= 0.6 is 11.3 Å². The number of hydrogen-bond acceptors (Lipinski definition) is 1. The Morgan fingerprint density at radius 3 is 2.30 bits per heavy atom. The molecule has 0 nitrogen and oxygen atoms in total. The number of hydrogen-bond donors (Lipinski definition) is 0. The maximum atomic E-state index is 3.80. The predicted octanol–water partition coefficient (Wildman–Crippen LogP) is 3.81. The topological polar surface area (TPSA) is 0 Å². The lowest BCUT2D eigenvalue weighted by Gasteiger charge is -1.87. The molecule has 0 unspecified atom stereocenters. The first-order valence-electron chi connectivity index (χ1n) is 3.49. The maximum Gasteiger partial charge on any atom is -0.00183 e. The molecule has 0 aromatic carbocycles. The van der Waals surface area contributed by atoms with Gasteiger partial charge in [0, 0.05) is 0 Å². The standard InChI is InChI=1S/C7H8S.C2H6/c1-6(2)7-3-4-8-5-7;1-2/h3-5H,1H2,2H3;1-2H3. The first-order valence-corrected chi connectivity index (χ1v) is 4.43. The van der Waals surface area contributed by atoms with Gasteiger partial charge in [-0.1, -0.05) is 26.0 Å². The van der Waals surface area contributed by atoms with Crippen molar-refractivity contribution in [2.75, 3.05) is 0 Å². The van der Waals surface area contributed by atoms with E-state index in [0.717, 1.165) is 5.57 Å². The van der Waals surface area contributed by atoms with E-state index in [1.54, 1.807) is 11.3 Å². The lowest BCUT2D eigenvalue weighted by atomic mass is 10.2. The van der Waals surface area contributed by atoms with E-state index in [1.807, 2.05) is 20.8 Å². The molecule has 1 aromatic rings. The van der Waals surface area contributed by atoms with Crippen LogP contribution in [0.4, 0.5) is 0 Å². The molecule has 0 aliphatic heterocycles. The van der Waals surface area contributed by atoms with E-state index < -0.39 is 0 Å². The summed E-state index contributed by atoms with van der Waals surface area (Å²) in [5.41, 5.74) is 2.40. The van der Waals surface area contributed by atoms with E-state index in [0.29, 0.717) is 0 Å². The summed E-state index contributed by atoms with van der Waals surface area (Å²) in [4.78, 5) is 0. The van der Waals surface area contributed by atoms with Crippen LogP contribution in [0.15, 0.2) is 23.4 Å². The van der Waals surface area contributed by atoms with Crippen LogP contribution in [0.1, 0.15) is 26.3 Å². The summed E-state index contributed by atoms with van der Waals surface area (Å²) < 4.78 is 0. The van der Waals surface area contributed by atoms with Crippen molar-refractivity contribution < 1.29 is 0 Å². The van der Waals surface area contributed by atoms with Crippen molar-refractivity contribution in [1.29, 1.82) is 0 Å². The van der Waals surface area contributed by atoms with Crippen LogP contribution in [0.2, 0.25) is 0 Å². The highest BCUT2D eigenvalue weighted by atomic mass is 32.1. The van der Waals surface area contributed by atoms with Gasteiger partial charge in [-0.2, -0.15) is 11.3 Å². The molecular formula is C9H14S. The normalized spacial score (nSPS) is 7.90. The first-order chi connectivity index (χ1) is 4.80. The summed E-state index contributed by atoms with van der Waals surface area (Å²) in [7, 11) is 0. The van der Waals surface area contributed by atoms with Crippen LogP contribution < -0.4 is 0 Å². The molecule has 0 aliphatic rings. The SMILES string of the molecule is C=C(C)c1ccsc1.CC. The molecule has 1 heteroatoms. The van der Waals surface area contributed by atoms with Crippen molar-refractivity contribution in [2.24, 2.45) is 0 Å². The van der Waals surface area contributed by atoms with E-state index in [4.69, 9.17) is 0 Å². The van der Waals surface area contributed by atoms with Gasteiger partial charge < -0.3 is 0 Å². The Kier molecular flexibility index (Phi) is 4.95. The summed E-state index contributed by atoms with van der Waals surface area (Å²) in [6.45, 7) is 9.82. The van der Waals surface area contributed by atoms with Gasteiger partial charge in [0.05, 0.1) is 0 Å². The van der Waals surface area contributed by atoms with Crippen LogP contribution in [0.3, 0.4) is 0 Å². The van der Waals surface area contributed by atoms with Crippen molar-refractivity contribution in [2.45, 2.75) is 20.8 Å². The second-order valence-corrected chi connectivity index (χ2v) is 2.57. The third kappa shape index (κ3) is 2.83. The van der Waals surface area contributed by atoms with Gasteiger partial charge in [-0.3, -0.25) is 0 Å². The second kappa shape index (κ2) is 5.24. The molecular weight excluding hydrogens is 140 g/mol. The van der Waals surface area contributed by atoms with Crippen LogP contribution in [0, 0.1) is 0 Å². The van der Waals surface area contributed by atoms with Crippen molar-refractivity contribution in [3.05, 3.63) is 29.0 Å². The minimum atomic E-state index is 1.14. The Morgan fingerprint density at radius 2 is 2.10 bits per heavy atom. The van der Waals surface area contributed by atoms with E-state index in [2.05, 4.69) is 23.4 Å². The Morgan fingerprint density at radius 1 is 1.50 bits per heavy atom. The minimum Gasteiger partial charge on any atom is -0.152 e. The largest absolute Gasteiger partial charge is 0.152 e. The number of thiophene rings is 1. The van der Waals surface area contributed by atoms with Crippen molar-refractivity contribution in [3.8, 4) is 0 Å². The average molecular weight is 154 g/mol. The highest BCUT2D eigenvalue weighted by Gasteiger charge is 1.88. The van der Waals surface area contributed by atoms with Crippen LogP contribution in [0.5, 0.6) is 0 Å². The second-order valence-electron chi connectivity index (χ2n) is 1.79. The van der Waals surface area contributed by atoms with Crippen molar-refractivity contribution >= 4 is 16.9 Å². The molecule has 0 spiro atoms. The van der Waals surface area contributed by atoms with Gasteiger partial charge in [-0.25, -0.2) is 0 Å². The Bertz CT molecular complexity index is 173. The molecule has 0 saturated carbocycles. The summed E-state index contributed by atoms with van der Waals surface area (Å²) in [5.74, 6) is 0. The number of allylic oxidation sites excluding steroid dienone is 1. The fourth-order valence-electron chi connectivity index (χ4n) is 0.507. The summed E-state index contributed by atoms with van der Waals surface area (Å²) in [6, 6.07) is 2.08. The monoisotopic (exact) mass is 154 g/mol. The van der Waals surface area contributed by atoms with E-state index in [-0.39, 0.29) is 0 Å². The summed E-state index contributed by atoms with van der Waals surface area (Å²) >= 11 is 1.71. The minimum absolute atomic E-state index is 1.14. The van der Waals surface area contributed by atoms with Crippen molar-refractivity contribution in [1.82, 2.24) is 0 Å². The van der Waals surface area contributed by atoms with Gasteiger partial charge in [0.15, 0.2) is 0 Å². The fraction of sp³-hybridized carbons (Fsp3) is 0.333. The Balaban J connectivity index is 0.000000371. The van der Waals surface area contributed by atoms with Gasteiger partial charge in [-0.05, 0) is 29.3 Å². The molecule has 1 aromatic heterocycles. The van der Waals surface area contributed by atoms with Gasteiger partial charge >= 0.3 is 0 Å². The zero-order chi connectivity index (χ0) is 7.98. The molecule has 10 heavy (non-hydrogen) atoms. The number of rotatable bonds is 1. The lowest BCUT2D eigenvalue weighted by molar-refractivity contribution is 1.50. The molecule has 0 fully saturated rings. The molecule has 0 bridgehead atoms. The molecule has 0 N–H and O–H groups in total. The van der Waals surface area contributed by atoms with Gasteiger partial charge in [0.1, 0.15) is 0 Å². The third-order valence-electron chi connectivity index (χ3n) is 1.01. The maximum absolute atomic E-state index is 3.80. The average Bonchev–Trinajstić information content (AvgIpc) is 2.42.